The summed E-state index contributed by atoms with van der Waals surface area (Å²) in [7, 11) is -6.04. The first-order chi connectivity index (χ1) is 18.2. The van der Waals surface area contributed by atoms with Crippen molar-refractivity contribution in [3.8, 4) is 5.75 Å². The lowest BCUT2D eigenvalue weighted by Gasteiger charge is -2.26. The standard InChI is InChI=1S/C26H29N3O7S2/c1-28(37(31,32)22-7-3-2-4-8-22)25-10-6-5-9-24(25)26(30)27-15-18-36-21-11-13-23(14-12-21)38(33,34)29-16-19-35-20-17-29/h2-14H,15-20H2,1H3,(H,27,30). The van der Waals surface area contributed by atoms with Crippen LogP contribution >= 0.6 is 0 Å². The Hall–Kier alpha value is -3.45. The molecule has 12 heteroatoms. The highest BCUT2D eigenvalue weighted by Crippen LogP contribution is 2.26. The molecule has 0 aliphatic carbocycles. The van der Waals surface area contributed by atoms with Crippen LogP contribution in [0.4, 0.5) is 5.69 Å². The van der Waals surface area contributed by atoms with Crippen molar-refractivity contribution >= 4 is 31.6 Å². The molecule has 38 heavy (non-hydrogen) atoms. The number of rotatable bonds is 10. The third kappa shape index (κ3) is 6.16. The number of ether oxygens (including phenoxy) is 2. The second-order valence-corrected chi connectivity index (χ2v) is 12.3. The number of carbonyl (C=O) groups is 1. The van der Waals surface area contributed by atoms with E-state index >= 15 is 0 Å². The summed E-state index contributed by atoms with van der Waals surface area (Å²) in [6.45, 7) is 1.65. The minimum Gasteiger partial charge on any atom is -0.492 e. The Balaban J connectivity index is 1.34. The summed E-state index contributed by atoms with van der Waals surface area (Å²) in [5.74, 6) is 0.000489. The summed E-state index contributed by atoms with van der Waals surface area (Å²) in [5, 5.41) is 2.73. The van der Waals surface area contributed by atoms with Crippen LogP contribution in [0, 0.1) is 0 Å². The molecule has 0 radical (unpaired) electrons. The number of para-hydroxylation sites is 1. The number of amides is 1. The van der Waals surface area contributed by atoms with Crippen molar-refractivity contribution in [2.75, 3.05) is 50.8 Å². The van der Waals surface area contributed by atoms with E-state index in [2.05, 4.69) is 5.32 Å². The van der Waals surface area contributed by atoms with Crippen molar-refractivity contribution in [2.24, 2.45) is 0 Å². The van der Waals surface area contributed by atoms with E-state index in [9.17, 15) is 21.6 Å². The molecular formula is C26H29N3O7S2. The van der Waals surface area contributed by atoms with Gasteiger partial charge in [0.05, 0.1) is 40.8 Å². The van der Waals surface area contributed by atoms with Crippen LogP contribution in [0.25, 0.3) is 0 Å². The molecule has 0 spiro atoms. The largest absolute Gasteiger partial charge is 0.492 e. The van der Waals surface area contributed by atoms with Crippen molar-refractivity contribution in [1.82, 2.24) is 9.62 Å². The molecule has 4 rings (SSSR count). The molecule has 1 aliphatic rings. The lowest BCUT2D eigenvalue weighted by molar-refractivity contribution is 0.0730. The molecule has 1 saturated heterocycles. The van der Waals surface area contributed by atoms with E-state index in [4.69, 9.17) is 9.47 Å². The Morgan fingerprint density at radius 1 is 0.895 bits per heavy atom. The third-order valence-corrected chi connectivity index (χ3v) is 9.68. The van der Waals surface area contributed by atoms with E-state index < -0.39 is 26.0 Å². The quantitative estimate of drug-likeness (QED) is 0.379. The fraction of sp³-hybridized carbons (Fsp3) is 0.269. The molecule has 0 aromatic heterocycles. The van der Waals surface area contributed by atoms with Crippen molar-refractivity contribution < 1.29 is 31.1 Å². The van der Waals surface area contributed by atoms with Gasteiger partial charge in [0, 0.05) is 20.1 Å². The summed E-state index contributed by atoms with van der Waals surface area (Å²) < 4.78 is 64.8. The van der Waals surface area contributed by atoms with Crippen molar-refractivity contribution in [3.63, 3.8) is 0 Å². The van der Waals surface area contributed by atoms with Gasteiger partial charge in [-0.1, -0.05) is 30.3 Å². The molecule has 3 aromatic rings. The first kappa shape index (κ1) is 27.6. The van der Waals surface area contributed by atoms with Crippen LogP contribution in [0.15, 0.2) is 88.7 Å². The number of morpholine rings is 1. The van der Waals surface area contributed by atoms with Gasteiger partial charge in [-0.3, -0.25) is 9.10 Å². The van der Waals surface area contributed by atoms with Gasteiger partial charge in [0.2, 0.25) is 10.0 Å². The highest BCUT2D eigenvalue weighted by atomic mass is 32.2. The highest BCUT2D eigenvalue weighted by molar-refractivity contribution is 7.92. The Bertz CT molecular complexity index is 1460. The third-order valence-electron chi connectivity index (χ3n) is 5.98. The second-order valence-electron chi connectivity index (χ2n) is 8.39. The highest BCUT2D eigenvalue weighted by Gasteiger charge is 2.26. The molecule has 0 bridgehead atoms. The monoisotopic (exact) mass is 559 g/mol. The number of anilines is 1. The summed E-state index contributed by atoms with van der Waals surface area (Å²) in [6.07, 6.45) is 0. The van der Waals surface area contributed by atoms with E-state index in [1.165, 1.54) is 35.6 Å². The number of nitrogens with zero attached hydrogens (tertiary/aromatic N) is 2. The molecule has 0 saturated carbocycles. The normalized spacial score (nSPS) is 14.6. The number of sulfonamides is 2. The molecule has 1 fully saturated rings. The van der Waals surface area contributed by atoms with Crippen LogP contribution in [0.3, 0.4) is 0 Å². The number of hydrogen-bond acceptors (Lipinski definition) is 7. The van der Waals surface area contributed by atoms with Gasteiger partial charge in [0.15, 0.2) is 0 Å². The van der Waals surface area contributed by atoms with Crippen molar-refractivity contribution in [2.45, 2.75) is 9.79 Å². The summed E-state index contributed by atoms with van der Waals surface area (Å²) in [6, 6.07) is 20.5. The summed E-state index contributed by atoms with van der Waals surface area (Å²) >= 11 is 0. The SMILES string of the molecule is CN(c1ccccc1C(=O)NCCOc1ccc(S(=O)(=O)N2CCOCC2)cc1)S(=O)(=O)c1ccccc1. The zero-order valence-electron chi connectivity index (χ0n) is 20.8. The zero-order valence-corrected chi connectivity index (χ0v) is 22.4. The first-order valence-electron chi connectivity index (χ1n) is 11.9. The Morgan fingerprint density at radius 3 is 2.21 bits per heavy atom. The molecule has 1 amide bonds. The van der Waals surface area contributed by atoms with E-state index in [-0.39, 0.29) is 34.2 Å². The van der Waals surface area contributed by atoms with Crippen molar-refractivity contribution in [3.05, 3.63) is 84.4 Å². The fourth-order valence-corrected chi connectivity index (χ4v) is 6.54. The Kier molecular flexibility index (Phi) is 8.67. The number of nitrogens with one attached hydrogen (secondary N) is 1. The maximum atomic E-state index is 13.0. The number of benzene rings is 3. The minimum absolute atomic E-state index is 0.120. The minimum atomic E-state index is -3.85. The zero-order chi connectivity index (χ0) is 27.2. The van der Waals surface area contributed by atoms with Crippen LogP contribution < -0.4 is 14.4 Å². The predicted molar refractivity (Wildman–Crippen MR) is 142 cm³/mol. The molecule has 10 nitrogen and oxygen atoms in total. The number of carbonyl (C=O) groups excluding carboxylic acids is 1. The van der Waals surface area contributed by atoms with E-state index in [0.29, 0.717) is 32.1 Å². The molecule has 1 heterocycles. The maximum absolute atomic E-state index is 13.0. The molecule has 0 atom stereocenters. The molecule has 1 aliphatic heterocycles. The Labute approximate surface area is 222 Å². The fourth-order valence-electron chi connectivity index (χ4n) is 3.89. The molecule has 3 aromatic carbocycles. The molecule has 202 valence electrons. The van der Waals surface area contributed by atoms with Gasteiger partial charge in [-0.2, -0.15) is 4.31 Å². The second kappa shape index (κ2) is 11.9. The van der Waals surface area contributed by atoms with Crippen LogP contribution in [-0.4, -0.2) is 73.6 Å². The van der Waals surface area contributed by atoms with Crippen LogP contribution in [0.1, 0.15) is 10.4 Å². The molecule has 1 N–H and O–H groups in total. The van der Waals surface area contributed by atoms with E-state index in [0.717, 1.165) is 4.31 Å². The average molecular weight is 560 g/mol. The Morgan fingerprint density at radius 2 is 1.53 bits per heavy atom. The van der Waals surface area contributed by atoms with Crippen LogP contribution in [0.5, 0.6) is 5.75 Å². The first-order valence-corrected chi connectivity index (χ1v) is 14.8. The average Bonchev–Trinajstić information content (AvgIpc) is 2.96. The van der Waals surface area contributed by atoms with E-state index in [1.807, 2.05) is 0 Å². The lowest BCUT2D eigenvalue weighted by atomic mass is 10.1. The smallest absolute Gasteiger partial charge is 0.264 e. The maximum Gasteiger partial charge on any atom is 0.264 e. The predicted octanol–water partition coefficient (Wildman–Crippen LogP) is 2.34. The lowest BCUT2D eigenvalue weighted by Crippen LogP contribution is -2.40. The summed E-state index contributed by atoms with van der Waals surface area (Å²) in [5.41, 5.74) is 0.444. The van der Waals surface area contributed by atoms with Crippen LogP contribution in [-0.2, 0) is 24.8 Å². The van der Waals surface area contributed by atoms with Gasteiger partial charge in [0.25, 0.3) is 15.9 Å². The van der Waals surface area contributed by atoms with Gasteiger partial charge in [-0.05, 0) is 48.5 Å². The van der Waals surface area contributed by atoms with Gasteiger partial charge in [0.1, 0.15) is 12.4 Å². The number of hydrogen-bond donors (Lipinski definition) is 1. The van der Waals surface area contributed by atoms with Crippen molar-refractivity contribution in [1.29, 1.82) is 0 Å². The molecular weight excluding hydrogens is 530 g/mol. The van der Waals surface area contributed by atoms with E-state index in [1.54, 1.807) is 54.6 Å². The van der Waals surface area contributed by atoms with Crippen LogP contribution in [0.2, 0.25) is 0 Å². The summed E-state index contributed by atoms with van der Waals surface area (Å²) in [4.78, 5) is 13.2. The van der Waals surface area contributed by atoms with Gasteiger partial charge < -0.3 is 14.8 Å². The van der Waals surface area contributed by atoms with Gasteiger partial charge >= 0.3 is 0 Å². The molecule has 0 unspecified atom stereocenters. The topological polar surface area (TPSA) is 122 Å². The van der Waals surface area contributed by atoms with Gasteiger partial charge in [-0.15, -0.1) is 0 Å². The van der Waals surface area contributed by atoms with Gasteiger partial charge in [-0.25, -0.2) is 16.8 Å².